The van der Waals surface area contributed by atoms with E-state index in [0.717, 1.165) is 10.1 Å². The van der Waals surface area contributed by atoms with Crippen LogP contribution in [0.2, 0.25) is 0 Å². The molecule has 2 aromatic rings. The summed E-state index contributed by atoms with van der Waals surface area (Å²) >= 11 is 1.58. The normalized spacial score (nSPS) is 12.2. The van der Waals surface area contributed by atoms with Crippen LogP contribution in [0, 0.1) is 0 Å². The van der Waals surface area contributed by atoms with Gasteiger partial charge in [-0.1, -0.05) is 6.07 Å². The molecule has 2 rings (SSSR count). The third-order valence-electron chi connectivity index (χ3n) is 2.27. The topological polar surface area (TPSA) is 40.5 Å². The number of aliphatic hydroxyl groups is 1. The van der Waals surface area contributed by atoms with E-state index in [2.05, 4.69) is 0 Å². The van der Waals surface area contributed by atoms with Crippen molar-refractivity contribution in [3.05, 3.63) is 29.1 Å². The summed E-state index contributed by atoms with van der Waals surface area (Å²) in [4.78, 5) is 0. The Morgan fingerprint density at radius 1 is 1.21 bits per heavy atom. The predicted molar refractivity (Wildman–Crippen MR) is 58.7 cm³/mol. The highest BCUT2D eigenvalue weighted by molar-refractivity contribution is 7.17. The fourth-order valence-corrected chi connectivity index (χ4v) is 2.31. The van der Waals surface area contributed by atoms with E-state index in [1.54, 1.807) is 31.3 Å². The van der Waals surface area contributed by atoms with Crippen LogP contribution >= 0.6 is 11.3 Å². The van der Waals surface area contributed by atoms with E-state index in [9.17, 15) is 10.2 Å². The first-order valence-electron chi connectivity index (χ1n) is 4.42. The van der Waals surface area contributed by atoms with Crippen molar-refractivity contribution in [2.45, 2.75) is 19.4 Å². The van der Waals surface area contributed by atoms with Crippen molar-refractivity contribution in [1.82, 2.24) is 0 Å². The second-order valence-electron chi connectivity index (χ2n) is 3.85. The number of aromatic hydroxyl groups is 1. The molecule has 0 amide bonds. The second-order valence-corrected chi connectivity index (χ2v) is 4.80. The van der Waals surface area contributed by atoms with E-state index < -0.39 is 5.60 Å². The summed E-state index contributed by atoms with van der Waals surface area (Å²) in [6.45, 7) is 3.33. The minimum absolute atomic E-state index is 0.191. The molecule has 0 fully saturated rings. The molecule has 0 bridgehead atoms. The number of fused-ring (bicyclic) bond motifs is 1. The highest BCUT2D eigenvalue weighted by atomic mass is 32.1. The third kappa shape index (κ3) is 1.38. The zero-order valence-corrected chi connectivity index (χ0v) is 8.93. The van der Waals surface area contributed by atoms with Crippen LogP contribution in [0.15, 0.2) is 23.6 Å². The van der Waals surface area contributed by atoms with E-state index in [-0.39, 0.29) is 5.75 Å². The van der Waals surface area contributed by atoms with Gasteiger partial charge in [-0.3, -0.25) is 0 Å². The van der Waals surface area contributed by atoms with Gasteiger partial charge in [0.2, 0.25) is 0 Å². The first kappa shape index (κ1) is 9.49. The zero-order chi connectivity index (χ0) is 10.3. The lowest BCUT2D eigenvalue weighted by Crippen LogP contribution is -2.15. The summed E-state index contributed by atoms with van der Waals surface area (Å²) in [5.74, 6) is 0.191. The molecule has 0 atom stereocenters. The summed E-state index contributed by atoms with van der Waals surface area (Å²) in [5, 5.41) is 22.5. The molecule has 0 radical (unpaired) electrons. The van der Waals surface area contributed by atoms with Gasteiger partial charge in [-0.15, -0.1) is 11.3 Å². The maximum atomic E-state index is 9.92. The molecule has 0 aliphatic rings. The van der Waals surface area contributed by atoms with Gasteiger partial charge < -0.3 is 10.2 Å². The highest BCUT2D eigenvalue weighted by Gasteiger charge is 2.21. The maximum absolute atomic E-state index is 9.92. The van der Waals surface area contributed by atoms with Crippen LogP contribution in [0.25, 0.3) is 10.1 Å². The van der Waals surface area contributed by atoms with E-state index in [1.165, 1.54) is 0 Å². The number of thiophene rings is 1. The van der Waals surface area contributed by atoms with Crippen molar-refractivity contribution in [3.63, 3.8) is 0 Å². The highest BCUT2D eigenvalue weighted by Crippen LogP contribution is 2.37. The summed E-state index contributed by atoms with van der Waals surface area (Å²) in [5.41, 5.74) is -0.427. The Morgan fingerprint density at radius 2 is 1.93 bits per heavy atom. The molecule has 0 saturated carbocycles. The standard InChI is InChI=1S/C11H12O2S/c1-11(2,13)8-3-4-9-7(10(8)12)5-6-14-9/h3-6,12-13H,1-2H3. The largest absolute Gasteiger partial charge is 0.507 e. The SMILES string of the molecule is CC(C)(O)c1ccc2sccc2c1O. The van der Waals surface area contributed by atoms with Gasteiger partial charge in [0.25, 0.3) is 0 Å². The Kier molecular flexibility index (Phi) is 2.01. The monoisotopic (exact) mass is 208 g/mol. The fourth-order valence-electron chi connectivity index (χ4n) is 1.52. The van der Waals surface area contributed by atoms with E-state index in [1.807, 2.05) is 17.5 Å². The quantitative estimate of drug-likeness (QED) is 0.756. The van der Waals surface area contributed by atoms with Crippen molar-refractivity contribution < 1.29 is 10.2 Å². The Hall–Kier alpha value is -1.06. The minimum atomic E-state index is -1.000. The van der Waals surface area contributed by atoms with Crippen LogP contribution < -0.4 is 0 Å². The smallest absolute Gasteiger partial charge is 0.130 e. The van der Waals surface area contributed by atoms with Crippen LogP contribution in [-0.4, -0.2) is 10.2 Å². The van der Waals surface area contributed by atoms with Gasteiger partial charge in [0.15, 0.2) is 0 Å². The summed E-state index contributed by atoms with van der Waals surface area (Å²) in [7, 11) is 0. The molecule has 74 valence electrons. The summed E-state index contributed by atoms with van der Waals surface area (Å²) in [6.07, 6.45) is 0. The molecule has 2 N–H and O–H groups in total. The van der Waals surface area contributed by atoms with Crippen LogP contribution in [0.5, 0.6) is 5.75 Å². The van der Waals surface area contributed by atoms with Gasteiger partial charge in [-0.05, 0) is 31.4 Å². The molecular formula is C11H12O2S. The fraction of sp³-hybridized carbons (Fsp3) is 0.273. The Morgan fingerprint density at radius 3 is 2.57 bits per heavy atom. The molecule has 14 heavy (non-hydrogen) atoms. The molecule has 2 nitrogen and oxygen atoms in total. The Bertz CT molecular complexity index is 466. The number of benzene rings is 1. The van der Waals surface area contributed by atoms with E-state index in [0.29, 0.717) is 5.56 Å². The number of phenols is 1. The summed E-state index contributed by atoms with van der Waals surface area (Å²) < 4.78 is 1.04. The van der Waals surface area contributed by atoms with Crippen molar-refractivity contribution in [1.29, 1.82) is 0 Å². The molecular weight excluding hydrogens is 196 g/mol. The molecule has 0 spiro atoms. The van der Waals surface area contributed by atoms with Gasteiger partial charge in [0, 0.05) is 15.6 Å². The second kappa shape index (κ2) is 2.97. The molecule has 1 aromatic heterocycles. The molecule has 0 aliphatic heterocycles. The van der Waals surface area contributed by atoms with Gasteiger partial charge >= 0.3 is 0 Å². The van der Waals surface area contributed by atoms with Gasteiger partial charge in [0.05, 0.1) is 5.60 Å². The molecule has 0 saturated heterocycles. The average Bonchev–Trinajstić information content (AvgIpc) is 2.50. The lowest BCUT2D eigenvalue weighted by atomic mass is 9.96. The van der Waals surface area contributed by atoms with Crippen molar-refractivity contribution >= 4 is 21.4 Å². The van der Waals surface area contributed by atoms with Gasteiger partial charge in [-0.2, -0.15) is 0 Å². The third-order valence-corrected chi connectivity index (χ3v) is 3.15. The van der Waals surface area contributed by atoms with Crippen molar-refractivity contribution in [3.8, 4) is 5.75 Å². The number of phenolic OH excluding ortho intramolecular Hbond substituents is 1. The maximum Gasteiger partial charge on any atom is 0.130 e. The zero-order valence-electron chi connectivity index (χ0n) is 8.11. The molecule has 1 heterocycles. The lowest BCUT2D eigenvalue weighted by molar-refractivity contribution is 0.0761. The molecule has 1 aromatic carbocycles. The first-order chi connectivity index (χ1) is 6.50. The van der Waals surface area contributed by atoms with Crippen LogP contribution in [0.4, 0.5) is 0 Å². The van der Waals surface area contributed by atoms with Crippen LogP contribution in [0.1, 0.15) is 19.4 Å². The van der Waals surface area contributed by atoms with Gasteiger partial charge in [-0.25, -0.2) is 0 Å². The van der Waals surface area contributed by atoms with E-state index >= 15 is 0 Å². The number of rotatable bonds is 1. The summed E-state index contributed by atoms with van der Waals surface area (Å²) in [6, 6.07) is 5.56. The van der Waals surface area contributed by atoms with Gasteiger partial charge in [0.1, 0.15) is 5.75 Å². The number of hydrogen-bond acceptors (Lipinski definition) is 3. The molecule has 0 aliphatic carbocycles. The lowest BCUT2D eigenvalue weighted by Gasteiger charge is -2.19. The average molecular weight is 208 g/mol. The Labute approximate surface area is 86.4 Å². The van der Waals surface area contributed by atoms with Crippen LogP contribution in [-0.2, 0) is 5.60 Å². The minimum Gasteiger partial charge on any atom is -0.507 e. The van der Waals surface area contributed by atoms with Crippen LogP contribution in [0.3, 0.4) is 0 Å². The predicted octanol–water partition coefficient (Wildman–Crippen LogP) is 2.83. The van der Waals surface area contributed by atoms with Crippen molar-refractivity contribution in [2.75, 3.05) is 0 Å². The number of hydrogen-bond donors (Lipinski definition) is 2. The molecule has 0 unspecified atom stereocenters. The first-order valence-corrected chi connectivity index (χ1v) is 5.30. The molecule has 3 heteroatoms. The van der Waals surface area contributed by atoms with Crippen molar-refractivity contribution in [2.24, 2.45) is 0 Å². The van der Waals surface area contributed by atoms with E-state index in [4.69, 9.17) is 0 Å². The Balaban J connectivity index is 2.74.